The van der Waals surface area contributed by atoms with Gasteiger partial charge in [0.05, 0.1) is 19.1 Å². The number of hydrogen-bond donors (Lipinski definition) is 0. The van der Waals surface area contributed by atoms with Crippen molar-refractivity contribution in [1.82, 2.24) is 0 Å². The number of rotatable bonds is 3. The summed E-state index contributed by atoms with van der Waals surface area (Å²) in [6.07, 6.45) is 2.52. The van der Waals surface area contributed by atoms with Crippen molar-refractivity contribution in [3.05, 3.63) is 35.6 Å². The highest BCUT2D eigenvalue weighted by atomic mass is 19.1. The molecule has 1 aliphatic rings. The van der Waals surface area contributed by atoms with Gasteiger partial charge in [-0.1, -0.05) is 12.1 Å². The van der Waals surface area contributed by atoms with E-state index < -0.39 is 0 Å². The van der Waals surface area contributed by atoms with E-state index in [4.69, 9.17) is 9.47 Å². The van der Waals surface area contributed by atoms with Crippen LogP contribution in [-0.2, 0) is 14.3 Å². The number of hydrogen-bond acceptors (Lipinski definition) is 3. The number of esters is 1. The molecule has 0 amide bonds. The Morgan fingerprint density at radius 3 is 2.47 bits per heavy atom. The van der Waals surface area contributed by atoms with E-state index in [-0.39, 0.29) is 29.7 Å². The van der Waals surface area contributed by atoms with E-state index >= 15 is 0 Å². The number of carbonyl (C=O) groups excluding carboxylic acids is 1. The lowest BCUT2D eigenvalue weighted by atomic mass is 9.74. The zero-order valence-electron chi connectivity index (χ0n) is 11.3. The third-order valence-corrected chi connectivity index (χ3v) is 3.94. The highest BCUT2D eigenvalue weighted by molar-refractivity contribution is 5.73. The number of ether oxygens (including phenoxy) is 2. The summed E-state index contributed by atoms with van der Waals surface area (Å²) in [5.41, 5.74) is 0.992. The zero-order chi connectivity index (χ0) is 13.8. The minimum absolute atomic E-state index is 0.0828. The fourth-order valence-corrected chi connectivity index (χ4v) is 2.87. The fraction of sp³-hybridized carbons (Fsp3) is 0.533. The molecule has 1 saturated carbocycles. The Morgan fingerprint density at radius 1 is 1.21 bits per heavy atom. The summed E-state index contributed by atoms with van der Waals surface area (Å²) in [5.74, 6) is -0.603. The number of benzene rings is 1. The van der Waals surface area contributed by atoms with Gasteiger partial charge in [-0.15, -0.1) is 0 Å². The molecule has 0 aromatic heterocycles. The van der Waals surface area contributed by atoms with Crippen LogP contribution in [0.25, 0.3) is 0 Å². The Morgan fingerprint density at radius 2 is 1.89 bits per heavy atom. The van der Waals surface area contributed by atoms with Crippen LogP contribution in [0.1, 0.15) is 30.7 Å². The molecular formula is C15H19FO3. The van der Waals surface area contributed by atoms with Crippen LogP contribution < -0.4 is 0 Å². The SMILES string of the molecule is COC(=O)[C@@H]1CC(OC)CCC1c1ccc(F)cc1. The van der Waals surface area contributed by atoms with Gasteiger partial charge in [0.15, 0.2) is 0 Å². The number of carbonyl (C=O) groups is 1. The molecule has 2 rings (SSSR count). The zero-order valence-corrected chi connectivity index (χ0v) is 11.3. The van der Waals surface area contributed by atoms with E-state index in [1.807, 2.05) is 0 Å². The maximum absolute atomic E-state index is 13.0. The summed E-state index contributed by atoms with van der Waals surface area (Å²) >= 11 is 0. The van der Waals surface area contributed by atoms with E-state index in [1.165, 1.54) is 19.2 Å². The molecule has 0 heterocycles. The summed E-state index contributed by atoms with van der Waals surface area (Å²) < 4.78 is 23.2. The van der Waals surface area contributed by atoms with Crippen molar-refractivity contribution >= 4 is 5.97 Å². The van der Waals surface area contributed by atoms with Crippen LogP contribution in [0.15, 0.2) is 24.3 Å². The van der Waals surface area contributed by atoms with Crippen molar-refractivity contribution in [1.29, 1.82) is 0 Å². The first kappa shape index (κ1) is 14.0. The van der Waals surface area contributed by atoms with Gasteiger partial charge < -0.3 is 9.47 Å². The van der Waals surface area contributed by atoms with Crippen molar-refractivity contribution in [2.75, 3.05) is 14.2 Å². The first-order valence-corrected chi connectivity index (χ1v) is 6.51. The standard InChI is InChI=1S/C15H19FO3/c1-18-12-7-8-13(14(9-12)15(17)19-2)10-3-5-11(16)6-4-10/h3-6,12-14H,7-9H2,1-2H3/t12?,13?,14-/m1/s1. The summed E-state index contributed by atoms with van der Waals surface area (Å²) in [4.78, 5) is 11.9. The molecule has 1 aliphatic carbocycles. The Balaban J connectivity index is 2.21. The van der Waals surface area contributed by atoms with Crippen LogP contribution in [0, 0.1) is 11.7 Å². The summed E-state index contributed by atoms with van der Waals surface area (Å²) in [7, 11) is 3.07. The monoisotopic (exact) mass is 266 g/mol. The maximum Gasteiger partial charge on any atom is 0.309 e. The maximum atomic E-state index is 13.0. The molecule has 2 unspecified atom stereocenters. The summed E-state index contributed by atoms with van der Waals surface area (Å²) in [6, 6.07) is 6.38. The topological polar surface area (TPSA) is 35.5 Å². The molecule has 0 aliphatic heterocycles. The summed E-state index contributed by atoms with van der Waals surface area (Å²) in [6.45, 7) is 0. The van der Waals surface area contributed by atoms with Crippen LogP contribution in [0.4, 0.5) is 4.39 Å². The van der Waals surface area contributed by atoms with Gasteiger partial charge in [-0.25, -0.2) is 4.39 Å². The van der Waals surface area contributed by atoms with Crippen molar-refractivity contribution < 1.29 is 18.7 Å². The minimum Gasteiger partial charge on any atom is -0.469 e. The Kier molecular flexibility index (Phi) is 4.53. The van der Waals surface area contributed by atoms with Gasteiger partial charge in [0.2, 0.25) is 0 Å². The summed E-state index contributed by atoms with van der Waals surface area (Å²) in [5, 5.41) is 0. The third kappa shape index (κ3) is 3.13. The highest BCUT2D eigenvalue weighted by Crippen LogP contribution is 2.39. The Bertz CT molecular complexity index is 430. The van der Waals surface area contributed by atoms with Gasteiger partial charge in [-0.3, -0.25) is 4.79 Å². The lowest BCUT2D eigenvalue weighted by molar-refractivity contribution is -0.149. The molecule has 19 heavy (non-hydrogen) atoms. The average molecular weight is 266 g/mol. The van der Waals surface area contributed by atoms with Gasteiger partial charge in [0, 0.05) is 7.11 Å². The van der Waals surface area contributed by atoms with Crippen LogP contribution in [0.3, 0.4) is 0 Å². The van der Waals surface area contributed by atoms with E-state index in [2.05, 4.69) is 0 Å². The number of methoxy groups -OCH3 is 2. The van der Waals surface area contributed by atoms with Crippen LogP contribution in [0.5, 0.6) is 0 Å². The second-order valence-corrected chi connectivity index (χ2v) is 4.96. The van der Waals surface area contributed by atoms with Gasteiger partial charge >= 0.3 is 5.97 Å². The Hall–Kier alpha value is -1.42. The predicted octanol–water partition coefficient (Wildman–Crippen LogP) is 2.90. The molecule has 4 heteroatoms. The highest BCUT2D eigenvalue weighted by Gasteiger charge is 2.36. The Labute approximate surface area is 112 Å². The molecule has 0 spiro atoms. The smallest absolute Gasteiger partial charge is 0.309 e. The first-order chi connectivity index (χ1) is 9.15. The fourth-order valence-electron chi connectivity index (χ4n) is 2.87. The number of halogens is 1. The van der Waals surface area contributed by atoms with Crippen molar-refractivity contribution in [2.24, 2.45) is 5.92 Å². The van der Waals surface area contributed by atoms with Crippen LogP contribution >= 0.6 is 0 Å². The lowest BCUT2D eigenvalue weighted by Gasteiger charge is -2.34. The quantitative estimate of drug-likeness (QED) is 0.789. The van der Waals surface area contributed by atoms with Gasteiger partial charge in [-0.2, -0.15) is 0 Å². The lowest BCUT2D eigenvalue weighted by Crippen LogP contribution is -2.33. The van der Waals surface area contributed by atoms with E-state index in [0.29, 0.717) is 6.42 Å². The molecule has 3 atom stereocenters. The van der Waals surface area contributed by atoms with Crippen LogP contribution in [0.2, 0.25) is 0 Å². The van der Waals surface area contributed by atoms with E-state index in [9.17, 15) is 9.18 Å². The second kappa shape index (κ2) is 6.15. The second-order valence-electron chi connectivity index (χ2n) is 4.96. The molecular weight excluding hydrogens is 247 g/mol. The van der Waals surface area contributed by atoms with Crippen molar-refractivity contribution in [2.45, 2.75) is 31.3 Å². The molecule has 0 bridgehead atoms. The minimum atomic E-state index is -0.260. The normalized spacial score (nSPS) is 27.0. The van der Waals surface area contributed by atoms with Crippen molar-refractivity contribution in [3.63, 3.8) is 0 Å². The molecule has 1 fully saturated rings. The molecule has 3 nitrogen and oxygen atoms in total. The molecule has 0 radical (unpaired) electrons. The van der Waals surface area contributed by atoms with Gasteiger partial charge in [-0.05, 0) is 42.9 Å². The largest absolute Gasteiger partial charge is 0.469 e. The average Bonchev–Trinajstić information content (AvgIpc) is 2.46. The third-order valence-electron chi connectivity index (χ3n) is 3.94. The molecule has 1 aromatic carbocycles. The molecule has 104 valence electrons. The van der Waals surface area contributed by atoms with Crippen molar-refractivity contribution in [3.8, 4) is 0 Å². The molecule has 1 aromatic rings. The van der Waals surface area contributed by atoms with E-state index in [0.717, 1.165) is 18.4 Å². The molecule has 0 N–H and O–H groups in total. The predicted molar refractivity (Wildman–Crippen MR) is 69.3 cm³/mol. The first-order valence-electron chi connectivity index (χ1n) is 6.51. The van der Waals surface area contributed by atoms with Gasteiger partial charge in [0.25, 0.3) is 0 Å². The van der Waals surface area contributed by atoms with Gasteiger partial charge in [0.1, 0.15) is 5.82 Å². The molecule has 0 saturated heterocycles. The van der Waals surface area contributed by atoms with Crippen LogP contribution in [-0.4, -0.2) is 26.3 Å². The van der Waals surface area contributed by atoms with E-state index in [1.54, 1.807) is 19.2 Å².